The molecule has 1 aliphatic carbocycles. The molecule has 1 aromatic heterocycles. The number of rotatable bonds is 5. The smallest absolute Gasteiger partial charge is 0.320 e. The van der Waals surface area contributed by atoms with E-state index < -0.39 is 4.92 Å². The standard InChI is InChI=1S/C19H16N4O4/c24-19(21-12-5-6-12)22-18-11-13(9-10-20-18)27-17-8-7-16(23(25)26)14-3-1-2-4-15(14)17/h1-4,7-12H,5-6H2,(H2,20,21,22,24). The Kier molecular flexibility index (Phi) is 4.29. The van der Waals surface area contributed by atoms with Gasteiger partial charge in [-0.1, -0.05) is 18.2 Å². The van der Waals surface area contributed by atoms with Crippen LogP contribution in [0.4, 0.5) is 16.3 Å². The second-order valence-corrected chi connectivity index (χ2v) is 6.24. The number of pyridine rings is 1. The summed E-state index contributed by atoms with van der Waals surface area (Å²) in [5.41, 5.74) is 0.0202. The molecule has 0 saturated heterocycles. The maximum atomic E-state index is 11.8. The number of hydrogen-bond donors (Lipinski definition) is 2. The zero-order valence-electron chi connectivity index (χ0n) is 14.2. The number of ether oxygens (including phenoxy) is 1. The van der Waals surface area contributed by atoms with Crippen LogP contribution >= 0.6 is 0 Å². The fraction of sp³-hybridized carbons (Fsp3) is 0.158. The second kappa shape index (κ2) is 6.91. The molecule has 1 fully saturated rings. The molecule has 4 rings (SSSR count). The molecule has 2 N–H and O–H groups in total. The first-order valence-corrected chi connectivity index (χ1v) is 8.48. The number of carbonyl (C=O) groups is 1. The van der Waals surface area contributed by atoms with Crippen molar-refractivity contribution >= 4 is 28.3 Å². The van der Waals surface area contributed by atoms with Gasteiger partial charge in [0.25, 0.3) is 5.69 Å². The molecule has 1 aliphatic rings. The average Bonchev–Trinajstić information content (AvgIpc) is 3.46. The topological polar surface area (TPSA) is 106 Å². The molecule has 27 heavy (non-hydrogen) atoms. The van der Waals surface area contributed by atoms with Gasteiger partial charge in [-0.2, -0.15) is 0 Å². The molecule has 0 radical (unpaired) electrons. The third-order valence-electron chi connectivity index (χ3n) is 4.17. The van der Waals surface area contributed by atoms with Gasteiger partial charge in [0.15, 0.2) is 0 Å². The number of carbonyl (C=O) groups excluding carboxylic acids is 1. The van der Waals surface area contributed by atoms with E-state index in [4.69, 9.17) is 4.74 Å². The Morgan fingerprint density at radius 3 is 2.67 bits per heavy atom. The number of aromatic nitrogens is 1. The largest absolute Gasteiger partial charge is 0.457 e. The van der Waals surface area contributed by atoms with Gasteiger partial charge < -0.3 is 10.1 Å². The van der Waals surface area contributed by atoms with Crippen LogP contribution in [0.1, 0.15) is 12.8 Å². The van der Waals surface area contributed by atoms with E-state index in [0.29, 0.717) is 28.1 Å². The Morgan fingerprint density at radius 2 is 1.93 bits per heavy atom. The number of nitrogens with one attached hydrogen (secondary N) is 2. The molecular formula is C19H16N4O4. The van der Waals surface area contributed by atoms with E-state index in [1.165, 1.54) is 12.3 Å². The summed E-state index contributed by atoms with van der Waals surface area (Å²) in [6.07, 6.45) is 3.52. The normalized spacial score (nSPS) is 13.2. The Bertz CT molecular complexity index is 1030. The third-order valence-corrected chi connectivity index (χ3v) is 4.17. The SMILES string of the molecule is O=C(Nc1cc(Oc2ccc([N+](=O)[O-])c3ccccc23)ccn1)NC1CC1. The first-order chi connectivity index (χ1) is 13.1. The number of non-ortho nitro benzene ring substituents is 1. The number of nitro benzene ring substituents is 1. The fourth-order valence-corrected chi connectivity index (χ4v) is 2.74. The van der Waals surface area contributed by atoms with E-state index in [-0.39, 0.29) is 17.8 Å². The molecule has 0 spiro atoms. The lowest BCUT2D eigenvalue weighted by Crippen LogP contribution is -2.30. The first kappa shape index (κ1) is 16.8. The van der Waals surface area contributed by atoms with E-state index in [9.17, 15) is 14.9 Å². The molecule has 0 unspecified atom stereocenters. The third kappa shape index (κ3) is 3.79. The van der Waals surface area contributed by atoms with Crippen LogP contribution in [0.2, 0.25) is 0 Å². The van der Waals surface area contributed by atoms with Gasteiger partial charge in [0.05, 0.1) is 10.3 Å². The minimum Gasteiger partial charge on any atom is -0.457 e. The molecule has 0 aliphatic heterocycles. The predicted octanol–water partition coefficient (Wildman–Crippen LogP) is 4.22. The van der Waals surface area contributed by atoms with Crippen LogP contribution in [0.5, 0.6) is 11.5 Å². The van der Waals surface area contributed by atoms with E-state index in [1.807, 2.05) is 0 Å². The van der Waals surface area contributed by atoms with Crippen molar-refractivity contribution in [1.82, 2.24) is 10.3 Å². The summed E-state index contributed by atoms with van der Waals surface area (Å²) >= 11 is 0. The van der Waals surface area contributed by atoms with Gasteiger partial charge in [0, 0.05) is 29.8 Å². The van der Waals surface area contributed by atoms with Crippen molar-refractivity contribution < 1.29 is 14.5 Å². The lowest BCUT2D eigenvalue weighted by atomic mass is 10.1. The van der Waals surface area contributed by atoms with E-state index in [2.05, 4.69) is 15.6 Å². The highest BCUT2D eigenvalue weighted by Crippen LogP contribution is 2.35. The second-order valence-electron chi connectivity index (χ2n) is 6.24. The zero-order chi connectivity index (χ0) is 18.8. The van der Waals surface area contributed by atoms with Crippen LogP contribution in [-0.2, 0) is 0 Å². The summed E-state index contributed by atoms with van der Waals surface area (Å²) in [5.74, 6) is 1.30. The fourth-order valence-electron chi connectivity index (χ4n) is 2.74. The highest BCUT2D eigenvalue weighted by molar-refractivity contribution is 5.95. The van der Waals surface area contributed by atoms with Gasteiger partial charge in [-0.15, -0.1) is 0 Å². The molecule has 1 saturated carbocycles. The van der Waals surface area contributed by atoms with Crippen molar-refractivity contribution in [2.45, 2.75) is 18.9 Å². The number of nitro groups is 1. The van der Waals surface area contributed by atoms with Gasteiger partial charge >= 0.3 is 6.03 Å². The summed E-state index contributed by atoms with van der Waals surface area (Å²) in [6, 6.07) is 13.2. The Balaban J connectivity index is 1.59. The molecule has 2 amide bonds. The number of anilines is 1. The predicted molar refractivity (Wildman–Crippen MR) is 100 cm³/mol. The van der Waals surface area contributed by atoms with Crippen molar-refractivity contribution in [3.05, 3.63) is 64.8 Å². The Labute approximate surface area is 154 Å². The minimum absolute atomic E-state index is 0.0202. The van der Waals surface area contributed by atoms with Crippen LogP contribution < -0.4 is 15.4 Å². The molecular weight excluding hydrogens is 348 g/mol. The molecule has 3 aromatic rings. The van der Waals surface area contributed by atoms with Gasteiger partial charge in [0.1, 0.15) is 17.3 Å². The van der Waals surface area contributed by atoms with Crippen LogP contribution in [-0.4, -0.2) is 22.0 Å². The van der Waals surface area contributed by atoms with Gasteiger partial charge in [0.2, 0.25) is 0 Å². The van der Waals surface area contributed by atoms with Crippen molar-refractivity contribution in [2.24, 2.45) is 0 Å². The number of fused-ring (bicyclic) bond motifs is 1. The lowest BCUT2D eigenvalue weighted by molar-refractivity contribution is -0.383. The van der Waals surface area contributed by atoms with Crippen molar-refractivity contribution in [3.63, 3.8) is 0 Å². The number of hydrogen-bond acceptors (Lipinski definition) is 5. The summed E-state index contributed by atoms with van der Waals surface area (Å²) in [4.78, 5) is 26.8. The highest BCUT2D eigenvalue weighted by atomic mass is 16.6. The summed E-state index contributed by atoms with van der Waals surface area (Å²) in [6.45, 7) is 0. The van der Waals surface area contributed by atoms with Crippen molar-refractivity contribution in [3.8, 4) is 11.5 Å². The molecule has 2 aromatic carbocycles. The van der Waals surface area contributed by atoms with E-state index in [1.54, 1.807) is 42.5 Å². The van der Waals surface area contributed by atoms with Crippen molar-refractivity contribution in [1.29, 1.82) is 0 Å². The summed E-state index contributed by atoms with van der Waals surface area (Å²) in [7, 11) is 0. The van der Waals surface area contributed by atoms with Crippen LogP contribution in [0, 0.1) is 10.1 Å². The number of amides is 2. The monoisotopic (exact) mass is 364 g/mol. The lowest BCUT2D eigenvalue weighted by Gasteiger charge is -2.11. The van der Waals surface area contributed by atoms with Gasteiger partial charge in [-0.25, -0.2) is 9.78 Å². The maximum Gasteiger partial charge on any atom is 0.320 e. The van der Waals surface area contributed by atoms with Crippen LogP contribution in [0.15, 0.2) is 54.7 Å². The molecule has 8 nitrogen and oxygen atoms in total. The zero-order valence-corrected chi connectivity index (χ0v) is 14.2. The Hall–Kier alpha value is -3.68. The highest BCUT2D eigenvalue weighted by Gasteiger charge is 2.23. The van der Waals surface area contributed by atoms with Crippen LogP contribution in [0.3, 0.4) is 0 Å². The van der Waals surface area contributed by atoms with Gasteiger partial charge in [-0.05, 0) is 31.0 Å². The van der Waals surface area contributed by atoms with Crippen molar-refractivity contribution in [2.75, 3.05) is 5.32 Å². The van der Waals surface area contributed by atoms with Crippen LogP contribution in [0.25, 0.3) is 10.8 Å². The van der Waals surface area contributed by atoms with E-state index >= 15 is 0 Å². The average molecular weight is 364 g/mol. The summed E-state index contributed by atoms with van der Waals surface area (Å²) < 4.78 is 5.91. The number of nitrogens with zero attached hydrogens (tertiary/aromatic N) is 2. The minimum atomic E-state index is -0.418. The van der Waals surface area contributed by atoms with Gasteiger partial charge in [-0.3, -0.25) is 15.4 Å². The quantitative estimate of drug-likeness (QED) is 0.521. The Morgan fingerprint density at radius 1 is 1.15 bits per heavy atom. The summed E-state index contributed by atoms with van der Waals surface area (Å²) in [5, 5.41) is 17.8. The molecule has 136 valence electrons. The molecule has 0 bridgehead atoms. The number of urea groups is 1. The molecule has 0 atom stereocenters. The molecule has 8 heteroatoms. The first-order valence-electron chi connectivity index (χ1n) is 8.48. The number of benzene rings is 2. The molecule has 1 heterocycles. The maximum absolute atomic E-state index is 11.8. The van der Waals surface area contributed by atoms with E-state index in [0.717, 1.165) is 12.8 Å².